The average Bonchev–Trinajstić information content (AvgIpc) is 2.81. The molecule has 4 aromatic rings. The van der Waals surface area contributed by atoms with Crippen molar-refractivity contribution >= 4 is 31.5 Å². The predicted octanol–water partition coefficient (Wildman–Crippen LogP) is 4.60. The lowest BCUT2D eigenvalue weighted by Crippen LogP contribution is -2.47. The molecule has 0 aliphatic heterocycles. The molecule has 5 nitrogen and oxygen atoms in total. The van der Waals surface area contributed by atoms with E-state index in [1.165, 1.54) is 29.5 Å². The zero-order chi connectivity index (χ0) is 24.5. The summed E-state index contributed by atoms with van der Waals surface area (Å²) in [4.78, 5) is 13.2. The fourth-order valence-corrected chi connectivity index (χ4v) is 4.80. The molecular formula is C25H22F3NO4S. The van der Waals surface area contributed by atoms with Crippen molar-refractivity contribution in [3.63, 3.8) is 0 Å². The normalized spacial score (nSPS) is 12.4. The Morgan fingerprint density at radius 2 is 1.62 bits per heavy atom. The number of benzene rings is 3. The minimum atomic E-state index is -4.78. The Hall–Kier alpha value is -2.98. The van der Waals surface area contributed by atoms with Crippen LogP contribution in [0, 0.1) is 0 Å². The van der Waals surface area contributed by atoms with Crippen LogP contribution in [0.2, 0.25) is 0 Å². The van der Waals surface area contributed by atoms with E-state index in [-0.39, 0.29) is 24.4 Å². The first-order valence-electron chi connectivity index (χ1n) is 10.5. The van der Waals surface area contributed by atoms with E-state index in [1.54, 1.807) is 30.3 Å². The largest absolute Gasteiger partial charge is 0.573 e. The van der Waals surface area contributed by atoms with Gasteiger partial charge in [0.2, 0.25) is 0 Å². The Bertz CT molecular complexity index is 1400. The maximum Gasteiger partial charge on any atom is 0.573 e. The molecular weight excluding hydrogens is 467 g/mol. The van der Waals surface area contributed by atoms with Crippen LogP contribution in [0.1, 0.15) is 12.0 Å². The second-order valence-electron chi connectivity index (χ2n) is 8.23. The lowest BCUT2D eigenvalue weighted by molar-refractivity contribution is -0.274. The summed E-state index contributed by atoms with van der Waals surface area (Å²) in [6.07, 6.45) is -3.93. The number of aryl methyl sites for hydroxylation is 1. The van der Waals surface area contributed by atoms with E-state index in [2.05, 4.69) is 4.74 Å². The summed E-state index contributed by atoms with van der Waals surface area (Å²) in [6.45, 7) is -0.686. The van der Waals surface area contributed by atoms with Crippen LogP contribution in [-0.4, -0.2) is 35.3 Å². The van der Waals surface area contributed by atoms with Crippen molar-refractivity contribution in [2.45, 2.75) is 24.7 Å². The number of nitrogens with two attached hydrogens (primary N) is 1. The summed E-state index contributed by atoms with van der Waals surface area (Å²) < 4.78 is 43.2. The first-order valence-corrected chi connectivity index (χ1v) is 11.3. The number of hydrogen-bond acceptors (Lipinski definition) is 6. The topological polar surface area (TPSA) is 92.8 Å². The fourth-order valence-electron chi connectivity index (χ4n) is 3.71. The van der Waals surface area contributed by atoms with Crippen LogP contribution in [0.15, 0.2) is 65.5 Å². The molecule has 0 amide bonds. The van der Waals surface area contributed by atoms with E-state index in [9.17, 15) is 28.2 Å². The SMILES string of the molecule is NC(CO)(CO)CCc1ccc2sc3cc(-c4cccc(OC(F)(F)F)c4)ccc3c(=O)c2c1. The highest BCUT2D eigenvalue weighted by Gasteiger charge is 2.31. The van der Waals surface area contributed by atoms with Crippen LogP contribution in [0.5, 0.6) is 5.75 Å². The van der Waals surface area contributed by atoms with Crippen molar-refractivity contribution in [2.24, 2.45) is 5.73 Å². The van der Waals surface area contributed by atoms with Gasteiger partial charge in [0.25, 0.3) is 0 Å². The van der Waals surface area contributed by atoms with Gasteiger partial charge in [0.1, 0.15) is 5.75 Å². The molecule has 0 atom stereocenters. The Labute approximate surface area is 196 Å². The lowest BCUT2D eigenvalue weighted by atomic mass is 9.93. The van der Waals surface area contributed by atoms with Gasteiger partial charge in [-0.25, -0.2) is 0 Å². The third-order valence-corrected chi connectivity index (χ3v) is 6.81. The Kier molecular flexibility index (Phi) is 6.64. The van der Waals surface area contributed by atoms with Gasteiger partial charge in [-0.05, 0) is 65.9 Å². The average molecular weight is 490 g/mol. The van der Waals surface area contributed by atoms with Gasteiger partial charge in [0, 0.05) is 20.2 Å². The summed E-state index contributed by atoms with van der Waals surface area (Å²) in [5, 5.41) is 19.8. The number of fused-ring (bicyclic) bond motifs is 2. The van der Waals surface area contributed by atoms with Crippen LogP contribution in [0.3, 0.4) is 0 Å². The molecule has 0 bridgehead atoms. The Morgan fingerprint density at radius 1 is 0.882 bits per heavy atom. The molecule has 3 aromatic carbocycles. The zero-order valence-corrected chi connectivity index (χ0v) is 18.7. The first kappa shape index (κ1) is 24.2. The van der Waals surface area contributed by atoms with E-state index in [0.717, 1.165) is 10.3 Å². The van der Waals surface area contributed by atoms with E-state index in [0.29, 0.717) is 39.4 Å². The minimum Gasteiger partial charge on any atom is -0.406 e. The van der Waals surface area contributed by atoms with E-state index < -0.39 is 11.9 Å². The second kappa shape index (κ2) is 9.34. The van der Waals surface area contributed by atoms with Crippen molar-refractivity contribution < 1.29 is 28.1 Å². The maximum absolute atomic E-state index is 13.2. The third kappa shape index (κ3) is 5.23. The molecule has 0 fully saturated rings. The quantitative estimate of drug-likeness (QED) is 0.330. The number of ether oxygens (including phenoxy) is 1. The molecule has 0 aliphatic carbocycles. The van der Waals surface area contributed by atoms with Crippen molar-refractivity contribution in [2.75, 3.05) is 13.2 Å². The smallest absolute Gasteiger partial charge is 0.406 e. The molecule has 0 saturated heterocycles. The van der Waals surface area contributed by atoms with E-state index >= 15 is 0 Å². The molecule has 0 saturated carbocycles. The summed E-state index contributed by atoms with van der Waals surface area (Å²) in [6, 6.07) is 16.4. The molecule has 0 aliphatic rings. The first-order chi connectivity index (χ1) is 16.1. The van der Waals surface area contributed by atoms with Crippen molar-refractivity contribution in [1.82, 2.24) is 0 Å². The number of aliphatic hydroxyl groups excluding tert-OH is 2. The summed E-state index contributed by atoms with van der Waals surface area (Å²) in [5.74, 6) is -0.312. The van der Waals surface area contributed by atoms with Gasteiger partial charge in [-0.15, -0.1) is 24.5 Å². The standard InChI is InChI=1S/C25H22F3NO4S/c26-25(27,28)33-18-3-1-2-16(11-18)17-5-6-19-22(12-17)34-21-7-4-15(10-20(21)23(19)32)8-9-24(29,13-30)14-31/h1-7,10-12,30-31H,8-9,13-14,29H2. The van der Waals surface area contributed by atoms with E-state index in [1.807, 2.05) is 12.1 Å². The number of halogens is 3. The molecule has 0 unspecified atom stereocenters. The zero-order valence-electron chi connectivity index (χ0n) is 17.9. The summed E-state index contributed by atoms with van der Waals surface area (Å²) in [5.41, 5.74) is 6.78. The number of aliphatic hydroxyl groups is 2. The highest BCUT2D eigenvalue weighted by molar-refractivity contribution is 7.24. The van der Waals surface area contributed by atoms with Gasteiger partial charge in [-0.1, -0.05) is 24.3 Å². The van der Waals surface area contributed by atoms with Gasteiger partial charge in [-0.2, -0.15) is 0 Å². The molecule has 0 spiro atoms. The molecule has 1 aromatic heterocycles. The van der Waals surface area contributed by atoms with Crippen LogP contribution in [0.4, 0.5) is 13.2 Å². The predicted molar refractivity (Wildman–Crippen MR) is 127 cm³/mol. The molecule has 1 heterocycles. The van der Waals surface area contributed by atoms with Gasteiger partial charge >= 0.3 is 6.36 Å². The van der Waals surface area contributed by atoms with Crippen LogP contribution >= 0.6 is 11.3 Å². The molecule has 4 N–H and O–H groups in total. The molecule has 34 heavy (non-hydrogen) atoms. The van der Waals surface area contributed by atoms with Crippen LogP contribution in [-0.2, 0) is 6.42 Å². The van der Waals surface area contributed by atoms with Crippen molar-refractivity contribution in [3.8, 4) is 16.9 Å². The molecule has 4 rings (SSSR count). The molecule has 178 valence electrons. The third-order valence-electron chi connectivity index (χ3n) is 5.68. The molecule has 9 heteroatoms. The minimum absolute atomic E-state index is 0.144. The van der Waals surface area contributed by atoms with Crippen LogP contribution < -0.4 is 15.9 Å². The number of hydrogen-bond donors (Lipinski definition) is 3. The van der Waals surface area contributed by atoms with E-state index in [4.69, 9.17) is 5.73 Å². The van der Waals surface area contributed by atoms with Gasteiger partial charge in [-0.3, -0.25) is 4.79 Å². The van der Waals surface area contributed by atoms with Gasteiger partial charge in [0.15, 0.2) is 5.43 Å². The second-order valence-corrected chi connectivity index (χ2v) is 9.31. The lowest BCUT2D eigenvalue weighted by Gasteiger charge is -2.24. The van der Waals surface area contributed by atoms with Crippen molar-refractivity contribution in [1.29, 1.82) is 0 Å². The summed E-state index contributed by atoms with van der Waals surface area (Å²) >= 11 is 1.41. The van der Waals surface area contributed by atoms with Crippen molar-refractivity contribution in [3.05, 3.63) is 76.5 Å². The number of rotatable bonds is 7. The molecule has 0 radical (unpaired) electrons. The number of alkyl halides is 3. The Morgan fingerprint density at radius 3 is 2.32 bits per heavy atom. The monoisotopic (exact) mass is 489 g/mol. The van der Waals surface area contributed by atoms with Crippen LogP contribution in [0.25, 0.3) is 31.3 Å². The van der Waals surface area contributed by atoms with Gasteiger partial charge in [0.05, 0.1) is 18.8 Å². The summed E-state index contributed by atoms with van der Waals surface area (Å²) in [7, 11) is 0. The van der Waals surface area contributed by atoms with Gasteiger partial charge < -0.3 is 20.7 Å². The highest BCUT2D eigenvalue weighted by atomic mass is 32.1. The Balaban J connectivity index is 1.69. The fraction of sp³-hybridized carbons (Fsp3) is 0.240. The maximum atomic E-state index is 13.2. The highest BCUT2D eigenvalue weighted by Crippen LogP contribution is 2.32.